The third-order valence-electron chi connectivity index (χ3n) is 4.27. The van der Waals surface area contributed by atoms with Crippen molar-refractivity contribution in [2.45, 2.75) is 13.1 Å². The fourth-order valence-corrected chi connectivity index (χ4v) is 2.66. The number of amides is 1. The lowest BCUT2D eigenvalue weighted by atomic mass is 10.2. The number of carbonyl (C=O) groups is 2. The average Bonchev–Trinajstić information content (AvgIpc) is 2.75. The van der Waals surface area contributed by atoms with Crippen LogP contribution in [-0.4, -0.2) is 23.5 Å². The number of nitrogens with one attached hydrogen (secondary N) is 2. The van der Waals surface area contributed by atoms with Gasteiger partial charge in [-0.25, -0.2) is 14.2 Å². The normalized spacial score (nSPS) is 11.0. The molecule has 1 aromatic heterocycles. The van der Waals surface area contributed by atoms with Crippen LogP contribution >= 0.6 is 0 Å². The molecule has 0 aliphatic carbocycles. The molecule has 1 amide bonds. The quantitative estimate of drug-likeness (QED) is 0.407. The summed E-state index contributed by atoms with van der Waals surface area (Å²) in [4.78, 5) is 28.4. The standard InChI is InChI=1S/C22H17F4N3O3/c1-13-7-8-16(11-18(13)23)28-19(30)12-32-21(31)17-6-3-9-27-20(17)29-15-5-2-4-14(10-15)22(24,25)26/h2-11H,12H2,1H3,(H,27,29)(H,28,30). The number of pyridine rings is 1. The summed E-state index contributed by atoms with van der Waals surface area (Å²) in [6.07, 6.45) is -3.19. The van der Waals surface area contributed by atoms with E-state index in [0.29, 0.717) is 5.56 Å². The molecule has 0 saturated carbocycles. The van der Waals surface area contributed by atoms with E-state index >= 15 is 0 Å². The van der Waals surface area contributed by atoms with Gasteiger partial charge in [0.1, 0.15) is 17.2 Å². The van der Waals surface area contributed by atoms with Gasteiger partial charge in [-0.15, -0.1) is 0 Å². The lowest BCUT2D eigenvalue weighted by Gasteiger charge is -2.13. The highest BCUT2D eigenvalue weighted by molar-refractivity contribution is 5.98. The van der Waals surface area contributed by atoms with Gasteiger partial charge < -0.3 is 15.4 Å². The maximum absolute atomic E-state index is 13.6. The minimum atomic E-state index is -4.53. The van der Waals surface area contributed by atoms with Crippen molar-refractivity contribution in [1.29, 1.82) is 0 Å². The number of aryl methyl sites for hydroxylation is 1. The molecule has 0 aliphatic heterocycles. The molecular formula is C22H17F4N3O3. The third kappa shape index (κ3) is 5.81. The Morgan fingerprint density at radius 2 is 1.81 bits per heavy atom. The number of esters is 1. The Morgan fingerprint density at radius 3 is 2.53 bits per heavy atom. The molecule has 0 fully saturated rings. The van der Waals surface area contributed by atoms with Crippen LogP contribution in [0.5, 0.6) is 0 Å². The summed E-state index contributed by atoms with van der Waals surface area (Å²) in [6.45, 7) is 0.911. The highest BCUT2D eigenvalue weighted by Gasteiger charge is 2.30. The van der Waals surface area contributed by atoms with Gasteiger partial charge in [0.2, 0.25) is 0 Å². The number of nitrogens with zero attached hydrogens (tertiary/aromatic N) is 1. The smallest absolute Gasteiger partial charge is 0.416 e. The summed E-state index contributed by atoms with van der Waals surface area (Å²) in [7, 11) is 0. The van der Waals surface area contributed by atoms with Gasteiger partial charge in [0.05, 0.1) is 5.56 Å². The zero-order chi connectivity index (χ0) is 23.3. The number of benzene rings is 2. The van der Waals surface area contributed by atoms with E-state index in [-0.39, 0.29) is 22.8 Å². The van der Waals surface area contributed by atoms with E-state index in [1.54, 1.807) is 6.92 Å². The minimum absolute atomic E-state index is 0.0437. The molecule has 2 N–H and O–H groups in total. The van der Waals surface area contributed by atoms with Crippen LogP contribution < -0.4 is 10.6 Å². The monoisotopic (exact) mass is 447 g/mol. The van der Waals surface area contributed by atoms with Gasteiger partial charge in [-0.2, -0.15) is 13.2 Å². The Hall–Kier alpha value is -3.95. The highest BCUT2D eigenvalue weighted by atomic mass is 19.4. The first-order valence-electron chi connectivity index (χ1n) is 9.26. The summed E-state index contributed by atoms with van der Waals surface area (Å²) in [5.41, 5.74) is -0.285. The van der Waals surface area contributed by atoms with Crippen LogP contribution in [0.2, 0.25) is 0 Å². The zero-order valence-corrected chi connectivity index (χ0v) is 16.7. The molecule has 6 nitrogen and oxygen atoms in total. The van der Waals surface area contributed by atoms with Crippen LogP contribution in [0.1, 0.15) is 21.5 Å². The molecule has 0 radical (unpaired) electrons. The number of ether oxygens (including phenoxy) is 1. The summed E-state index contributed by atoms with van der Waals surface area (Å²) in [6, 6.07) is 11.3. The van der Waals surface area contributed by atoms with Crippen molar-refractivity contribution < 1.29 is 31.9 Å². The molecule has 0 bridgehead atoms. The predicted molar refractivity (Wildman–Crippen MR) is 109 cm³/mol. The van der Waals surface area contributed by atoms with E-state index in [2.05, 4.69) is 15.6 Å². The van der Waals surface area contributed by atoms with E-state index < -0.39 is 36.0 Å². The molecule has 0 unspecified atom stereocenters. The van der Waals surface area contributed by atoms with Gasteiger partial charge in [0.25, 0.3) is 5.91 Å². The SMILES string of the molecule is Cc1ccc(NC(=O)COC(=O)c2cccnc2Nc2cccc(C(F)(F)F)c2)cc1F. The molecule has 166 valence electrons. The second-order valence-corrected chi connectivity index (χ2v) is 6.69. The highest BCUT2D eigenvalue weighted by Crippen LogP contribution is 2.31. The molecule has 2 aromatic carbocycles. The summed E-state index contributed by atoms with van der Waals surface area (Å²) in [5.74, 6) is -2.16. The van der Waals surface area contributed by atoms with Crippen molar-refractivity contribution in [3.05, 3.63) is 83.3 Å². The van der Waals surface area contributed by atoms with Crippen molar-refractivity contribution in [3.63, 3.8) is 0 Å². The predicted octanol–water partition coefficient (Wildman–Crippen LogP) is 5.09. The second kappa shape index (κ2) is 9.46. The van der Waals surface area contributed by atoms with Gasteiger partial charge in [0, 0.05) is 17.6 Å². The van der Waals surface area contributed by atoms with E-state index in [4.69, 9.17) is 4.74 Å². The molecule has 0 aliphatic rings. The van der Waals surface area contributed by atoms with Crippen molar-refractivity contribution >= 4 is 29.1 Å². The van der Waals surface area contributed by atoms with E-state index in [0.717, 1.165) is 18.2 Å². The molecule has 1 heterocycles. The zero-order valence-electron chi connectivity index (χ0n) is 16.7. The lowest BCUT2D eigenvalue weighted by Crippen LogP contribution is -2.21. The van der Waals surface area contributed by atoms with E-state index in [1.807, 2.05) is 0 Å². The topological polar surface area (TPSA) is 80.3 Å². The number of rotatable bonds is 6. The number of anilines is 3. The Bertz CT molecular complexity index is 1150. The van der Waals surface area contributed by atoms with Crippen LogP contribution in [-0.2, 0) is 15.7 Å². The van der Waals surface area contributed by atoms with Gasteiger partial charge in [-0.3, -0.25) is 4.79 Å². The molecule has 0 atom stereocenters. The van der Waals surface area contributed by atoms with Gasteiger partial charge >= 0.3 is 12.1 Å². The fourth-order valence-electron chi connectivity index (χ4n) is 2.66. The van der Waals surface area contributed by atoms with Crippen LogP contribution in [0.25, 0.3) is 0 Å². The Labute approximate surface area is 180 Å². The summed E-state index contributed by atoms with van der Waals surface area (Å²) < 4.78 is 57.3. The number of carbonyl (C=O) groups excluding carboxylic acids is 2. The van der Waals surface area contributed by atoms with Gasteiger partial charge in [-0.05, 0) is 55.0 Å². The van der Waals surface area contributed by atoms with Crippen molar-refractivity contribution in [1.82, 2.24) is 4.98 Å². The third-order valence-corrected chi connectivity index (χ3v) is 4.27. The number of alkyl halides is 3. The minimum Gasteiger partial charge on any atom is -0.452 e. The van der Waals surface area contributed by atoms with Crippen molar-refractivity contribution in [3.8, 4) is 0 Å². The Kier molecular flexibility index (Phi) is 6.72. The number of hydrogen-bond acceptors (Lipinski definition) is 5. The number of hydrogen-bond donors (Lipinski definition) is 2. The first kappa shape index (κ1) is 22.7. The lowest BCUT2D eigenvalue weighted by molar-refractivity contribution is -0.137. The maximum atomic E-state index is 13.6. The molecule has 0 spiro atoms. The molecule has 3 rings (SSSR count). The second-order valence-electron chi connectivity index (χ2n) is 6.69. The maximum Gasteiger partial charge on any atom is 0.416 e. The van der Waals surface area contributed by atoms with Crippen molar-refractivity contribution in [2.24, 2.45) is 0 Å². The molecule has 10 heteroatoms. The first-order chi connectivity index (χ1) is 15.1. The van der Waals surface area contributed by atoms with Gasteiger partial charge in [-0.1, -0.05) is 12.1 Å². The molecule has 32 heavy (non-hydrogen) atoms. The number of aromatic nitrogens is 1. The fraction of sp³-hybridized carbons (Fsp3) is 0.136. The first-order valence-corrected chi connectivity index (χ1v) is 9.26. The average molecular weight is 447 g/mol. The van der Waals surface area contributed by atoms with Crippen molar-refractivity contribution in [2.75, 3.05) is 17.2 Å². The van der Waals surface area contributed by atoms with Crippen LogP contribution in [0.15, 0.2) is 60.8 Å². The van der Waals surface area contributed by atoms with Gasteiger partial charge in [0.15, 0.2) is 6.61 Å². The molecular weight excluding hydrogens is 430 g/mol. The van der Waals surface area contributed by atoms with Crippen LogP contribution in [0.4, 0.5) is 34.8 Å². The summed E-state index contributed by atoms with van der Waals surface area (Å²) >= 11 is 0. The van der Waals surface area contributed by atoms with Crippen LogP contribution in [0.3, 0.4) is 0 Å². The molecule has 0 saturated heterocycles. The number of halogens is 4. The van der Waals surface area contributed by atoms with E-state index in [9.17, 15) is 27.2 Å². The Balaban J connectivity index is 1.66. The van der Waals surface area contributed by atoms with Crippen LogP contribution in [0, 0.1) is 12.7 Å². The summed E-state index contributed by atoms with van der Waals surface area (Å²) in [5, 5.41) is 5.05. The molecule has 3 aromatic rings. The van der Waals surface area contributed by atoms with E-state index in [1.165, 1.54) is 42.6 Å². The Morgan fingerprint density at radius 1 is 1.03 bits per heavy atom. The largest absolute Gasteiger partial charge is 0.452 e.